The summed E-state index contributed by atoms with van der Waals surface area (Å²) in [6.45, 7) is 15.6. The van der Waals surface area contributed by atoms with Crippen LogP contribution in [-0.4, -0.2) is 55.2 Å². The maximum Gasteiger partial charge on any atom is 0.333 e. The van der Waals surface area contributed by atoms with E-state index in [4.69, 9.17) is 14.2 Å². The van der Waals surface area contributed by atoms with E-state index in [9.17, 15) is 19.8 Å². The molecule has 3 aromatic rings. The van der Waals surface area contributed by atoms with E-state index in [0.717, 1.165) is 64.1 Å². The van der Waals surface area contributed by atoms with Gasteiger partial charge in [0.1, 0.15) is 11.6 Å². The van der Waals surface area contributed by atoms with Crippen LogP contribution in [0.3, 0.4) is 0 Å². The Morgan fingerprint density at radius 3 is 2.00 bits per heavy atom. The second-order valence-corrected chi connectivity index (χ2v) is 17.7. The molecule has 0 unspecified atom stereocenters. The summed E-state index contributed by atoms with van der Waals surface area (Å²) in [4.78, 5) is 24.7. The molecule has 3 aromatic carbocycles. The Morgan fingerprint density at radius 2 is 1.42 bits per heavy atom. The Bertz CT molecular complexity index is 1810. The van der Waals surface area contributed by atoms with Crippen LogP contribution >= 0.6 is 0 Å². The molecular weight excluding hydrogens is 744 g/mol. The van der Waals surface area contributed by atoms with Gasteiger partial charge >= 0.3 is 11.9 Å². The molecular formula is C51H71FO7. The molecule has 8 heteroatoms. The number of halogens is 1. The van der Waals surface area contributed by atoms with Gasteiger partial charge in [0.15, 0.2) is 0 Å². The molecule has 0 saturated heterocycles. The van der Waals surface area contributed by atoms with Crippen molar-refractivity contribution in [3.05, 3.63) is 88.8 Å². The number of carbonyl (C=O) groups excluding carboxylic acids is 2. The highest BCUT2D eigenvalue weighted by atomic mass is 19.1. The van der Waals surface area contributed by atoms with Crippen LogP contribution < -0.4 is 4.74 Å². The maximum atomic E-state index is 16.0. The normalized spacial score (nSPS) is 15.6. The average Bonchev–Trinajstić information content (AvgIpc) is 3.22. The highest BCUT2D eigenvalue weighted by molar-refractivity contribution is 5.86. The standard InChI is InChI=1S/C51H71FO7/c1-8-10-11-14-36-17-19-39(20-18-36)40-21-24-46(47(52)32-40)41-22-23-45(38(9-2)29-41)44-30-42(15-12-26-58-49(55)35(3)4)48(57-28-25-37(33-53)34-54)43(31-44)16-13-27-59-50(56)51(5,6)7/h21-24,29-32,36-37,39,53-54H,3,8-20,25-28,33-34H2,1-2,4-7H3. The van der Waals surface area contributed by atoms with Gasteiger partial charge in [0.25, 0.3) is 0 Å². The van der Waals surface area contributed by atoms with Crippen molar-refractivity contribution in [1.82, 2.24) is 0 Å². The van der Waals surface area contributed by atoms with Crippen LogP contribution in [0.2, 0.25) is 0 Å². The zero-order chi connectivity index (χ0) is 43.0. The third-order valence-electron chi connectivity index (χ3n) is 11.8. The van der Waals surface area contributed by atoms with Crippen LogP contribution in [0.1, 0.15) is 140 Å². The van der Waals surface area contributed by atoms with Crippen molar-refractivity contribution in [3.63, 3.8) is 0 Å². The van der Waals surface area contributed by atoms with Crippen molar-refractivity contribution in [2.75, 3.05) is 33.0 Å². The molecule has 1 aliphatic rings. The first kappa shape index (κ1) is 47.7. The topological polar surface area (TPSA) is 102 Å². The molecule has 0 heterocycles. The SMILES string of the molecule is C=C(C)C(=O)OCCCc1cc(-c2ccc(-c3ccc(C4CCC(CCCCC)CC4)cc3F)cc2CC)cc(CCCOC(=O)C(C)(C)C)c1OCCC(CO)CO. The Morgan fingerprint density at radius 1 is 0.797 bits per heavy atom. The minimum Gasteiger partial charge on any atom is -0.493 e. The first-order valence-corrected chi connectivity index (χ1v) is 22.2. The van der Waals surface area contributed by atoms with Gasteiger partial charge in [-0.2, -0.15) is 0 Å². The van der Waals surface area contributed by atoms with Crippen LogP contribution in [0.15, 0.2) is 60.7 Å². The lowest BCUT2D eigenvalue weighted by atomic mass is 9.77. The van der Waals surface area contributed by atoms with Gasteiger partial charge in [-0.3, -0.25) is 4.79 Å². The van der Waals surface area contributed by atoms with Crippen LogP contribution in [0, 0.1) is 23.1 Å². The van der Waals surface area contributed by atoms with E-state index in [1.807, 2.05) is 32.9 Å². The van der Waals surface area contributed by atoms with Crippen molar-refractivity contribution in [1.29, 1.82) is 0 Å². The van der Waals surface area contributed by atoms with E-state index < -0.39 is 11.4 Å². The fraction of sp³-hybridized carbons (Fsp3) is 0.569. The van der Waals surface area contributed by atoms with Gasteiger partial charge in [-0.1, -0.05) is 76.4 Å². The molecule has 0 radical (unpaired) electrons. The number of aryl methyl sites for hydroxylation is 3. The maximum absolute atomic E-state index is 16.0. The fourth-order valence-electron chi connectivity index (χ4n) is 8.05. The number of aliphatic hydroxyl groups excluding tert-OH is 2. The molecule has 0 aromatic heterocycles. The lowest BCUT2D eigenvalue weighted by molar-refractivity contribution is -0.153. The summed E-state index contributed by atoms with van der Waals surface area (Å²) in [5.41, 5.74) is 7.27. The number of rotatable bonds is 23. The summed E-state index contributed by atoms with van der Waals surface area (Å²) < 4.78 is 33.5. The third kappa shape index (κ3) is 14.3. The smallest absolute Gasteiger partial charge is 0.333 e. The van der Waals surface area contributed by atoms with E-state index in [2.05, 4.69) is 50.8 Å². The van der Waals surface area contributed by atoms with E-state index in [1.165, 1.54) is 38.5 Å². The van der Waals surface area contributed by atoms with Gasteiger partial charge in [0, 0.05) is 30.3 Å². The summed E-state index contributed by atoms with van der Waals surface area (Å²) in [5, 5.41) is 19.4. The van der Waals surface area contributed by atoms with Crippen LogP contribution in [0.25, 0.3) is 22.3 Å². The fourth-order valence-corrected chi connectivity index (χ4v) is 8.05. The molecule has 1 aliphatic carbocycles. The number of aliphatic hydroxyl groups is 2. The molecule has 0 spiro atoms. The van der Waals surface area contributed by atoms with Gasteiger partial charge in [-0.25, -0.2) is 9.18 Å². The Hall–Kier alpha value is -4.01. The van der Waals surface area contributed by atoms with Crippen molar-refractivity contribution in [2.45, 2.75) is 137 Å². The first-order chi connectivity index (χ1) is 28.3. The lowest BCUT2D eigenvalue weighted by Gasteiger charge is -2.29. The molecule has 0 amide bonds. The molecule has 0 bridgehead atoms. The second kappa shape index (κ2) is 23.7. The van der Waals surface area contributed by atoms with Crippen LogP contribution in [0.5, 0.6) is 5.75 Å². The third-order valence-corrected chi connectivity index (χ3v) is 11.8. The van der Waals surface area contributed by atoms with Crippen LogP contribution in [0.4, 0.5) is 4.39 Å². The summed E-state index contributed by atoms with van der Waals surface area (Å²) in [5.74, 6) is 0.760. The van der Waals surface area contributed by atoms with Gasteiger partial charge in [0.05, 0.1) is 25.2 Å². The number of benzene rings is 3. The quantitative estimate of drug-likeness (QED) is 0.0558. The predicted molar refractivity (Wildman–Crippen MR) is 236 cm³/mol. The summed E-state index contributed by atoms with van der Waals surface area (Å²) in [6.07, 6.45) is 13.4. The molecule has 0 atom stereocenters. The minimum absolute atomic E-state index is 0.143. The summed E-state index contributed by atoms with van der Waals surface area (Å²) in [6, 6.07) is 16.3. The zero-order valence-electron chi connectivity index (χ0n) is 36.8. The van der Waals surface area contributed by atoms with E-state index in [0.29, 0.717) is 54.9 Å². The number of unbranched alkanes of at least 4 members (excludes halogenated alkanes) is 2. The second-order valence-electron chi connectivity index (χ2n) is 17.7. The van der Waals surface area contributed by atoms with Gasteiger partial charge in [0.2, 0.25) is 0 Å². The number of carbonyl (C=O) groups is 2. The summed E-state index contributed by atoms with van der Waals surface area (Å²) >= 11 is 0. The van der Waals surface area contributed by atoms with Gasteiger partial charge < -0.3 is 24.4 Å². The minimum atomic E-state index is -0.606. The molecule has 1 fully saturated rings. The number of hydrogen-bond acceptors (Lipinski definition) is 7. The van der Waals surface area contributed by atoms with Crippen LogP contribution in [-0.2, 0) is 38.3 Å². The van der Waals surface area contributed by atoms with Gasteiger partial charge in [-0.15, -0.1) is 0 Å². The average molecular weight is 815 g/mol. The molecule has 1 saturated carbocycles. The highest BCUT2D eigenvalue weighted by Crippen LogP contribution is 2.40. The van der Waals surface area contributed by atoms with Crippen molar-refractivity contribution in [3.8, 4) is 28.0 Å². The number of hydrogen-bond donors (Lipinski definition) is 2. The van der Waals surface area contributed by atoms with Gasteiger partial charge in [-0.05, 0) is 161 Å². The molecule has 2 N–H and O–H groups in total. The predicted octanol–water partition coefficient (Wildman–Crippen LogP) is 11.5. The Kier molecular flexibility index (Phi) is 19.1. The molecule has 4 rings (SSSR count). The Labute approximate surface area is 353 Å². The number of ether oxygens (including phenoxy) is 3. The molecule has 0 aliphatic heterocycles. The molecule has 7 nitrogen and oxygen atoms in total. The summed E-state index contributed by atoms with van der Waals surface area (Å²) in [7, 11) is 0. The lowest BCUT2D eigenvalue weighted by Crippen LogP contribution is -2.23. The molecule has 324 valence electrons. The zero-order valence-corrected chi connectivity index (χ0v) is 36.8. The number of esters is 2. The van der Waals surface area contributed by atoms with Crippen molar-refractivity contribution in [2.24, 2.45) is 17.3 Å². The van der Waals surface area contributed by atoms with E-state index >= 15 is 4.39 Å². The van der Waals surface area contributed by atoms with Crippen molar-refractivity contribution >= 4 is 11.9 Å². The largest absolute Gasteiger partial charge is 0.493 e. The van der Waals surface area contributed by atoms with E-state index in [-0.39, 0.29) is 50.7 Å². The monoisotopic (exact) mass is 815 g/mol. The molecule has 59 heavy (non-hydrogen) atoms. The van der Waals surface area contributed by atoms with E-state index in [1.54, 1.807) is 13.0 Å². The van der Waals surface area contributed by atoms with Crippen molar-refractivity contribution < 1.29 is 38.4 Å². The first-order valence-electron chi connectivity index (χ1n) is 22.2. The highest BCUT2D eigenvalue weighted by Gasteiger charge is 2.25. The Balaban J connectivity index is 1.65.